The molecule has 1 aliphatic heterocycles. The summed E-state index contributed by atoms with van der Waals surface area (Å²) >= 11 is 7.89. The number of fused-ring (bicyclic) bond motifs is 1. The van der Waals surface area contributed by atoms with Crippen LogP contribution in [0.25, 0.3) is 0 Å². The van der Waals surface area contributed by atoms with Crippen LogP contribution >= 0.6 is 23.4 Å². The average molecular weight is 322 g/mol. The van der Waals surface area contributed by atoms with Gasteiger partial charge in [-0.05, 0) is 43.2 Å². The second-order valence-electron chi connectivity index (χ2n) is 5.04. The van der Waals surface area contributed by atoms with E-state index in [1.54, 1.807) is 28.8 Å². The first-order valence-electron chi connectivity index (χ1n) is 6.87. The number of carbonyl (C=O) groups excluding carboxylic acids is 1. The van der Waals surface area contributed by atoms with Gasteiger partial charge in [-0.3, -0.25) is 9.48 Å². The molecule has 0 saturated carbocycles. The summed E-state index contributed by atoms with van der Waals surface area (Å²) in [5, 5.41) is 7.94. The van der Waals surface area contributed by atoms with Crippen molar-refractivity contribution in [3.63, 3.8) is 0 Å². The number of nitrogens with one attached hydrogen (secondary N) is 1. The zero-order valence-corrected chi connectivity index (χ0v) is 13.2. The zero-order chi connectivity index (χ0) is 14.8. The van der Waals surface area contributed by atoms with Crippen LogP contribution in [0.4, 0.5) is 0 Å². The van der Waals surface area contributed by atoms with Crippen LogP contribution in [0.5, 0.6) is 0 Å². The van der Waals surface area contributed by atoms with Crippen molar-refractivity contribution < 1.29 is 4.79 Å². The molecule has 1 aromatic heterocycles. The lowest BCUT2D eigenvalue weighted by atomic mass is 10.0. The molecule has 21 heavy (non-hydrogen) atoms. The van der Waals surface area contributed by atoms with Gasteiger partial charge in [-0.2, -0.15) is 5.10 Å². The number of carbonyl (C=O) groups is 1. The molecule has 0 bridgehead atoms. The molecule has 0 saturated heterocycles. The Morgan fingerprint density at radius 3 is 3.19 bits per heavy atom. The predicted molar refractivity (Wildman–Crippen MR) is 84.6 cm³/mol. The van der Waals surface area contributed by atoms with Crippen molar-refractivity contribution >= 4 is 29.3 Å². The molecule has 1 N–H and O–H groups in total. The standard InChI is InChI=1S/C15H16ClN3OS/c1-10(19-7-2-6-17-19)15(20)18-13-5-8-21-14-4-3-11(16)9-12(13)14/h2-4,6-7,9-10,13H,5,8H2,1H3,(H,18,20)/t10-,13-/m0/s1. The maximum Gasteiger partial charge on any atom is 0.245 e. The lowest BCUT2D eigenvalue weighted by molar-refractivity contribution is -0.125. The lowest BCUT2D eigenvalue weighted by Gasteiger charge is -2.27. The Bertz CT molecular complexity index is 644. The van der Waals surface area contributed by atoms with Crippen LogP contribution in [0.3, 0.4) is 0 Å². The molecule has 1 aromatic carbocycles. The summed E-state index contributed by atoms with van der Waals surface area (Å²) in [6, 6.07) is 7.38. The van der Waals surface area contributed by atoms with Crippen LogP contribution in [-0.2, 0) is 4.79 Å². The molecule has 4 nitrogen and oxygen atoms in total. The predicted octanol–water partition coefficient (Wildman–Crippen LogP) is 3.45. The van der Waals surface area contributed by atoms with Gasteiger partial charge < -0.3 is 5.32 Å². The summed E-state index contributed by atoms with van der Waals surface area (Å²) in [5.41, 5.74) is 1.11. The van der Waals surface area contributed by atoms with Gasteiger partial charge >= 0.3 is 0 Å². The van der Waals surface area contributed by atoms with Crippen LogP contribution in [0.15, 0.2) is 41.6 Å². The van der Waals surface area contributed by atoms with Gasteiger partial charge in [0.1, 0.15) is 6.04 Å². The topological polar surface area (TPSA) is 46.9 Å². The highest BCUT2D eigenvalue weighted by Crippen LogP contribution is 2.37. The molecule has 0 aliphatic carbocycles. The van der Waals surface area contributed by atoms with E-state index < -0.39 is 0 Å². The molecule has 0 unspecified atom stereocenters. The van der Waals surface area contributed by atoms with Crippen LogP contribution in [0.2, 0.25) is 5.02 Å². The van der Waals surface area contributed by atoms with Gasteiger partial charge in [0, 0.05) is 28.1 Å². The minimum Gasteiger partial charge on any atom is -0.347 e. The normalized spacial score (nSPS) is 18.9. The van der Waals surface area contributed by atoms with Gasteiger partial charge in [0.15, 0.2) is 0 Å². The average Bonchev–Trinajstić information content (AvgIpc) is 3.01. The molecule has 2 aromatic rings. The van der Waals surface area contributed by atoms with Crippen LogP contribution in [0, 0.1) is 0 Å². The van der Waals surface area contributed by atoms with Gasteiger partial charge in [-0.15, -0.1) is 11.8 Å². The van der Waals surface area contributed by atoms with Crippen molar-refractivity contribution in [2.24, 2.45) is 0 Å². The lowest BCUT2D eigenvalue weighted by Crippen LogP contribution is -2.35. The number of benzene rings is 1. The Labute approximate surface area is 132 Å². The van der Waals surface area contributed by atoms with Crippen LogP contribution in [0.1, 0.15) is 31.0 Å². The summed E-state index contributed by atoms with van der Waals surface area (Å²) in [5.74, 6) is 0.969. The van der Waals surface area contributed by atoms with Gasteiger partial charge in [0.2, 0.25) is 5.91 Å². The van der Waals surface area contributed by atoms with Gasteiger partial charge in [-0.25, -0.2) is 0 Å². The SMILES string of the molecule is C[C@@H](C(=O)N[C@H]1CCSc2ccc(Cl)cc21)n1cccn1. The fourth-order valence-corrected chi connectivity index (χ4v) is 3.72. The first kappa shape index (κ1) is 14.5. The molecule has 0 spiro atoms. The smallest absolute Gasteiger partial charge is 0.245 e. The number of hydrogen-bond donors (Lipinski definition) is 1. The summed E-state index contributed by atoms with van der Waals surface area (Å²) in [6.45, 7) is 1.85. The van der Waals surface area contributed by atoms with E-state index in [4.69, 9.17) is 11.6 Å². The number of nitrogens with zero attached hydrogens (tertiary/aromatic N) is 2. The monoisotopic (exact) mass is 321 g/mol. The summed E-state index contributed by atoms with van der Waals surface area (Å²) < 4.78 is 1.66. The van der Waals surface area contributed by atoms with E-state index in [1.165, 1.54) is 4.90 Å². The fraction of sp³-hybridized carbons (Fsp3) is 0.333. The Morgan fingerprint density at radius 1 is 1.57 bits per heavy atom. The number of halogens is 1. The Kier molecular flexibility index (Phi) is 4.22. The summed E-state index contributed by atoms with van der Waals surface area (Å²) in [4.78, 5) is 13.6. The van der Waals surface area contributed by atoms with Crippen LogP contribution in [-0.4, -0.2) is 21.4 Å². The first-order valence-corrected chi connectivity index (χ1v) is 8.23. The first-order chi connectivity index (χ1) is 10.1. The van der Waals surface area contributed by atoms with Gasteiger partial charge in [0.25, 0.3) is 0 Å². The molecule has 3 rings (SSSR count). The van der Waals surface area contributed by atoms with Gasteiger partial charge in [-0.1, -0.05) is 11.6 Å². The van der Waals surface area contributed by atoms with E-state index in [2.05, 4.69) is 10.4 Å². The summed E-state index contributed by atoms with van der Waals surface area (Å²) in [7, 11) is 0. The molecule has 6 heteroatoms. The van der Waals surface area contributed by atoms with Crippen LogP contribution < -0.4 is 5.32 Å². The third-order valence-corrected chi connectivity index (χ3v) is 4.99. The Morgan fingerprint density at radius 2 is 2.43 bits per heavy atom. The van der Waals surface area contributed by atoms with E-state index >= 15 is 0 Å². The largest absolute Gasteiger partial charge is 0.347 e. The van der Waals surface area contributed by atoms with E-state index in [1.807, 2.05) is 31.2 Å². The fourth-order valence-electron chi connectivity index (χ4n) is 2.44. The highest BCUT2D eigenvalue weighted by atomic mass is 35.5. The highest BCUT2D eigenvalue weighted by Gasteiger charge is 2.25. The molecule has 2 heterocycles. The highest BCUT2D eigenvalue weighted by molar-refractivity contribution is 7.99. The molecule has 0 fully saturated rings. The number of rotatable bonds is 3. The van der Waals surface area contributed by atoms with E-state index in [0.717, 1.165) is 17.7 Å². The molecular formula is C15H16ClN3OS. The second-order valence-corrected chi connectivity index (χ2v) is 6.62. The number of hydrogen-bond acceptors (Lipinski definition) is 3. The quantitative estimate of drug-likeness (QED) is 0.942. The van der Waals surface area contributed by atoms with Crippen molar-refractivity contribution in [3.05, 3.63) is 47.2 Å². The van der Waals surface area contributed by atoms with E-state index in [-0.39, 0.29) is 18.0 Å². The molecule has 110 valence electrons. The third-order valence-electron chi connectivity index (χ3n) is 3.63. The number of aromatic nitrogens is 2. The minimum atomic E-state index is -0.322. The number of amides is 1. The maximum atomic E-state index is 12.4. The van der Waals surface area contributed by atoms with Gasteiger partial charge in [0.05, 0.1) is 6.04 Å². The van der Waals surface area contributed by atoms with Crippen molar-refractivity contribution in [1.82, 2.24) is 15.1 Å². The second kappa shape index (κ2) is 6.12. The Hall–Kier alpha value is -1.46. The van der Waals surface area contributed by atoms with E-state index in [9.17, 15) is 4.79 Å². The maximum absolute atomic E-state index is 12.4. The Balaban J connectivity index is 1.77. The van der Waals surface area contributed by atoms with Crippen molar-refractivity contribution in [2.75, 3.05) is 5.75 Å². The molecule has 2 atom stereocenters. The zero-order valence-electron chi connectivity index (χ0n) is 11.6. The molecule has 1 amide bonds. The third kappa shape index (κ3) is 3.09. The molecule has 1 aliphatic rings. The van der Waals surface area contributed by atoms with E-state index in [0.29, 0.717) is 5.02 Å². The van der Waals surface area contributed by atoms with Crippen molar-refractivity contribution in [1.29, 1.82) is 0 Å². The summed E-state index contributed by atoms with van der Waals surface area (Å²) in [6.07, 6.45) is 4.39. The van der Waals surface area contributed by atoms with Crippen molar-refractivity contribution in [3.8, 4) is 0 Å². The minimum absolute atomic E-state index is 0.0189. The molecular weight excluding hydrogens is 306 g/mol. The molecule has 0 radical (unpaired) electrons. The van der Waals surface area contributed by atoms with Crippen molar-refractivity contribution in [2.45, 2.75) is 30.3 Å². The number of thioether (sulfide) groups is 1.